The van der Waals surface area contributed by atoms with Gasteiger partial charge in [0.25, 0.3) is 0 Å². The molecule has 1 amide bonds. The van der Waals surface area contributed by atoms with Crippen LogP contribution in [0.4, 0.5) is 4.79 Å². The van der Waals surface area contributed by atoms with E-state index in [9.17, 15) is 9.90 Å². The number of nitrogens with one attached hydrogen (secondary N) is 1. The highest BCUT2D eigenvalue weighted by atomic mass is 35.5. The largest absolute Gasteiger partial charge is 0.465 e. The Bertz CT molecular complexity index is 467. The van der Waals surface area contributed by atoms with Crippen LogP contribution >= 0.6 is 23.2 Å². The van der Waals surface area contributed by atoms with Gasteiger partial charge in [0.15, 0.2) is 0 Å². The molecular formula is C12H14Cl2N2O2. The van der Waals surface area contributed by atoms with Gasteiger partial charge in [0.1, 0.15) is 0 Å². The molecule has 1 heterocycles. The predicted octanol–water partition coefficient (Wildman–Crippen LogP) is 3.01. The summed E-state index contributed by atoms with van der Waals surface area (Å²) in [4.78, 5) is 12.7. The van der Waals surface area contributed by atoms with Crippen LogP contribution in [0.15, 0.2) is 18.2 Å². The van der Waals surface area contributed by atoms with Gasteiger partial charge in [-0.2, -0.15) is 0 Å². The number of hydrogen-bond donors (Lipinski definition) is 2. The second-order valence-electron chi connectivity index (χ2n) is 4.43. The summed E-state index contributed by atoms with van der Waals surface area (Å²) in [5, 5.41) is 13.4. The lowest BCUT2D eigenvalue weighted by molar-refractivity contribution is 0.101. The molecule has 18 heavy (non-hydrogen) atoms. The molecule has 0 radical (unpaired) electrons. The molecule has 0 saturated carbocycles. The zero-order valence-electron chi connectivity index (χ0n) is 9.86. The highest BCUT2D eigenvalue weighted by molar-refractivity contribution is 6.42. The number of amides is 1. The first-order chi connectivity index (χ1) is 8.49. The average molecular weight is 289 g/mol. The molecule has 6 heteroatoms. The maximum atomic E-state index is 11.3. The van der Waals surface area contributed by atoms with Gasteiger partial charge in [-0.3, -0.25) is 4.90 Å². The second kappa shape index (κ2) is 5.34. The molecular weight excluding hydrogens is 275 g/mol. The fourth-order valence-corrected chi connectivity index (χ4v) is 2.45. The summed E-state index contributed by atoms with van der Waals surface area (Å²) >= 11 is 11.8. The number of hydrogen-bond acceptors (Lipinski definition) is 2. The van der Waals surface area contributed by atoms with E-state index in [1.165, 1.54) is 4.90 Å². The zero-order chi connectivity index (χ0) is 13.3. The Morgan fingerprint density at radius 1 is 1.44 bits per heavy atom. The molecule has 0 spiro atoms. The summed E-state index contributed by atoms with van der Waals surface area (Å²) in [6.07, 6.45) is -0.917. The Kier molecular flexibility index (Phi) is 4.00. The third-order valence-electron chi connectivity index (χ3n) is 3.08. The van der Waals surface area contributed by atoms with E-state index in [2.05, 4.69) is 5.32 Å². The van der Waals surface area contributed by atoms with Gasteiger partial charge in [0.2, 0.25) is 0 Å². The molecule has 0 bridgehead atoms. The molecule has 2 rings (SSSR count). The van der Waals surface area contributed by atoms with Gasteiger partial charge in [-0.25, -0.2) is 4.79 Å². The lowest BCUT2D eigenvalue weighted by Crippen LogP contribution is -2.52. The van der Waals surface area contributed by atoms with Crippen molar-refractivity contribution < 1.29 is 9.90 Å². The van der Waals surface area contributed by atoms with Crippen molar-refractivity contribution in [2.75, 3.05) is 13.1 Å². The number of halogens is 2. The molecule has 1 aliphatic rings. The predicted molar refractivity (Wildman–Crippen MR) is 71.4 cm³/mol. The van der Waals surface area contributed by atoms with E-state index in [1.807, 2.05) is 13.0 Å². The van der Waals surface area contributed by atoms with Crippen LogP contribution in [0.3, 0.4) is 0 Å². The van der Waals surface area contributed by atoms with Crippen LogP contribution in [0.5, 0.6) is 0 Å². The summed E-state index contributed by atoms with van der Waals surface area (Å²) in [7, 11) is 0. The molecule has 1 aliphatic heterocycles. The number of nitrogens with zero attached hydrogens (tertiary/aromatic N) is 1. The number of benzene rings is 1. The van der Waals surface area contributed by atoms with E-state index in [-0.39, 0.29) is 12.1 Å². The van der Waals surface area contributed by atoms with Crippen molar-refractivity contribution in [2.45, 2.75) is 19.0 Å². The van der Waals surface area contributed by atoms with Crippen molar-refractivity contribution in [3.05, 3.63) is 33.8 Å². The molecule has 2 N–H and O–H groups in total. The number of carbonyl (C=O) groups is 1. The van der Waals surface area contributed by atoms with Gasteiger partial charge in [0.05, 0.1) is 16.1 Å². The van der Waals surface area contributed by atoms with Crippen molar-refractivity contribution in [2.24, 2.45) is 0 Å². The highest BCUT2D eigenvalue weighted by Crippen LogP contribution is 2.29. The van der Waals surface area contributed by atoms with Gasteiger partial charge in [-0.15, -0.1) is 0 Å². The van der Waals surface area contributed by atoms with E-state index in [0.29, 0.717) is 23.1 Å². The van der Waals surface area contributed by atoms with Crippen LogP contribution in [0, 0.1) is 0 Å². The lowest BCUT2D eigenvalue weighted by Gasteiger charge is -2.37. The standard InChI is InChI=1S/C12H14Cl2N2O2/c1-7-6-16(12(17)18)11(5-15-7)8-2-3-9(13)10(14)4-8/h2-4,7,11,15H,5-6H2,1H3,(H,17,18)/t7-,11-/m1/s1. The molecule has 1 fully saturated rings. The normalized spacial score (nSPS) is 24.1. The average Bonchev–Trinajstić information content (AvgIpc) is 2.32. The second-order valence-corrected chi connectivity index (χ2v) is 5.25. The summed E-state index contributed by atoms with van der Waals surface area (Å²) in [5.74, 6) is 0. The smallest absolute Gasteiger partial charge is 0.407 e. The van der Waals surface area contributed by atoms with Gasteiger partial charge in [0, 0.05) is 19.1 Å². The van der Waals surface area contributed by atoms with Crippen molar-refractivity contribution in [3.8, 4) is 0 Å². The van der Waals surface area contributed by atoms with Crippen LogP contribution in [0.2, 0.25) is 10.0 Å². The Labute approximate surface area is 115 Å². The SMILES string of the molecule is C[C@@H]1CN(C(=O)O)[C@@H](c2ccc(Cl)c(Cl)c2)CN1. The number of carboxylic acid groups (broad SMARTS) is 1. The first kappa shape index (κ1) is 13.5. The first-order valence-electron chi connectivity index (χ1n) is 5.67. The molecule has 0 aromatic heterocycles. The fraction of sp³-hybridized carbons (Fsp3) is 0.417. The molecule has 1 saturated heterocycles. The Morgan fingerprint density at radius 2 is 2.17 bits per heavy atom. The summed E-state index contributed by atoms with van der Waals surface area (Å²) < 4.78 is 0. The summed E-state index contributed by atoms with van der Waals surface area (Å²) in [5.41, 5.74) is 0.853. The Hall–Kier alpha value is -0.970. The van der Waals surface area contributed by atoms with Crippen LogP contribution in [-0.4, -0.2) is 35.2 Å². The van der Waals surface area contributed by atoms with Crippen molar-refractivity contribution in [3.63, 3.8) is 0 Å². The lowest BCUT2D eigenvalue weighted by atomic mass is 10.0. The zero-order valence-corrected chi connectivity index (χ0v) is 11.4. The van der Waals surface area contributed by atoms with Crippen LogP contribution in [-0.2, 0) is 0 Å². The van der Waals surface area contributed by atoms with Crippen molar-refractivity contribution >= 4 is 29.3 Å². The summed E-state index contributed by atoms with van der Waals surface area (Å²) in [6, 6.07) is 5.15. The molecule has 4 nitrogen and oxygen atoms in total. The van der Waals surface area contributed by atoms with E-state index in [4.69, 9.17) is 23.2 Å². The van der Waals surface area contributed by atoms with E-state index in [1.54, 1.807) is 12.1 Å². The molecule has 98 valence electrons. The van der Waals surface area contributed by atoms with E-state index < -0.39 is 6.09 Å². The monoisotopic (exact) mass is 288 g/mol. The van der Waals surface area contributed by atoms with E-state index in [0.717, 1.165) is 5.56 Å². The number of rotatable bonds is 1. The Morgan fingerprint density at radius 3 is 2.78 bits per heavy atom. The van der Waals surface area contributed by atoms with Gasteiger partial charge in [-0.1, -0.05) is 29.3 Å². The third-order valence-corrected chi connectivity index (χ3v) is 3.82. The van der Waals surface area contributed by atoms with Crippen LogP contribution in [0.1, 0.15) is 18.5 Å². The van der Waals surface area contributed by atoms with Crippen LogP contribution < -0.4 is 5.32 Å². The quantitative estimate of drug-likeness (QED) is 0.835. The Balaban J connectivity index is 2.29. The minimum atomic E-state index is -0.917. The maximum absolute atomic E-state index is 11.3. The van der Waals surface area contributed by atoms with Gasteiger partial charge in [-0.05, 0) is 24.6 Å². The third kappa shape index (κ3) is 2.71. The molecule has 2 atom stereocenters. The van der Waals surface area contributed by atoms with E-state index >= 15 is 0 Å². The first-order valence-corrected chi connectivity index (χ1v) is 6.42. The molecule has 0 aliphatic carbocycles. The highest BCUT2D eigenvalue weighted by Gasteiger charge is 2.30. The van der Waals surface area contributed by atoms with Crippen molar-refractivity contribution in [1.29, 1.82) is 0 Å². The van der Waals surface area contributed by atoms with Gasteiger partial charge >= 0.3 is 6.09 Å². The summed E-state index contributed by atoms with van der Waals surface area (Å²) in [6.45, 7) is 2.99. The fourth-order valence-electron chi connectivity index (χ4n) is 2.14. The van der Waals surface area contributed by atoms with Gasteiger partial charge < -0.3 is 10.4 Å². The minimum Gasteiger partial charge on any atom is -0.465 e. The molecule has 0 unspecified atom stereocenters. The minimum absolute atomic E-state index is 0.153. The van der Waals surface area contributed by atoms with Crippen molar-refractivity contribution in [1.82, 2.24) is 10.2 Å². The number of piperazine rings is 1. The van der Waals surface area contributed by atoms with Crippen LogP contribution in [0.25, 0.3) is 0 Å². The maximum Gasteiger partial charge on any atom is 0.407 e. The topological polar surface area (TPSA) is 52.6 Å². The molecule has 1 aromatic carbocycles. The molecule has 1 aromatic rings.